The molecule has 20 heavy (non-hydrogen) atoms. The lowest BCUT2D eigenvalue weighted by molar-refractivity contribution is -0.121. The number of carbonyl (C=O) groups is 1. The molecule has 1 saturated heterocycles. The average Bonchev–Trinajstić information content (AvgIpc) is 2.92. The topological polar surface area (TPSA) is 62.4 Å². The molecule has 2 rings (SSSR count). The van der Waals surface area contributed by atoms with E-state index >= 15 is 0 Å². The first-order valence-corrected chi connectivity index (χ1v) is 7.14. The number of benzene rings is 1. The number of hydrogen-bond donors (Lipinski definition) is 3. The van der Waals surface area contributed by atoms with Gasteiger partial charge in [-0.25, -0.2) is 0 Å². The van der Waals surface area contributed by atoms with Crippen molar-refractivity contribution in [2.45, 2.75) is 18.9 Å². The molecule has 0 aliphatic carbocycles. The molecule has 1 amide bonds. The molecule has 0 aromatic heterocycles. The molecule has 1 atom stereocenters. The van der Waals surface area contributed by atoms with E-state index < -0.39 is 0 Å². The van der Waals surface area contributed by atoms with Crippen molar-refractivity contribution in [1.82, 2.24) is 10.6 Å². The van der Waals surface area contributed by atoms with Gasteiger partial charge in [-0.15, -0.1) is 0 Å². The lowest BCUT2D eigenvalue weighted by atomic mass is 10.2. The van der Waals surface area contributed by atoms with Crippen LogP contribution >= 0.6 is 11.6 Å². The quantitative estimate of drug-likeness (QED) is 0.747. The summed E-state index contributed by atoms with van der Waals surface area (Å²) in [6.45, 7) is 2.38. The van der Waals surface area contributed by atoms with Crippen LogP contribution in [0.15, 0.2) is 18.2 Å². The van der Waals surface area contributed by atoms with Crippen LogP contribution in [0, 0.1) is 0 Å². The van der Waals surface area contributed by atoms with Crippen molar-refractivity contribution < 1.29 is 9.53 Å². The average molecular weight is 298 g/mol. The predicted octanol–water partition coefficient (Wildman–Crippen LogP) is 1.63. The van der Waals surface area contributed by atoms with E-state index in [0.717, 1.165) is 30.9 Å². The maximum atomic E-state index is 11.8. The summed E-state index contributed by atoms with van der Waals surface area (Å²) in [5, 5.41) is 10.0. The first kappa shape index (κ1) is 14.9. The van der Waals surface area contributed by atoms with E-state index in [1.807, 2.05) is 0 Å². The molecule has 5 nitrogen and oxygen atoms in total. The van der Waals surface area contributed by atoms with Crippen molar-refractivity contribution in [3.05, 3.63) is 23.2 Å². The maximum absolute atomic E-state index is 11.8. The monoisotopic (exact) mass is 297 g/mol. The van der Waals surface area contributed by atoms with Crippen molar-refractivity contribution in [3.63, 3.8) is 0 Å². The lowest BCUT2D eigenvalue weighted by Gasteiger charge is -2.13. The standard InChI is InChI=1S/C14H20ClN3O2/c1-20-13-3-2-10(15)8-12(13)17-7-5-14(19)18-11-4-6-16-9-11/h2-3,8,11,16-17H,4-7,9H2,1H3,(H,18,19). The molecule has 110 valence electrons. The van der Waals surface area contributed by atoms with Crippen LogP contribution in [0.3, 0.4) is 0 Å². The molecule has 1 fully saturated rings. The summed E-state index contributed by atoms with van der Waals surface area (Å²) >= 11 is 5.95. The Morgan fingerprint density at radius 1 is 1.55 bits per heavy atom. The Labute approximate surface area is 124 Å². The van der Waals surface area contributed by atoms with Crippen molar-refractivity contribution >= 4 is 23.2 Å². The molecule has 3 N–H and O–H groups in total. The number of halogens is 1. The van der Waals surface area contributed by atoms with Crippen LogP contribution in [0.25, 0.3) is 0 Å². The molecule has 1 aliphatic heterocycles. The molecular weight excluding hydrogens is 278 g/mol. The third-order valence-electron chi connectivity index (χ3n) is 3.25. The Hall–Kier alpha value is -1.46. The fraction of sp³-hybridized carbons (Fsp3) is 0.500. The molecule has 0 spiro atoms. The van der Waals surface area contributed by atoms with Gasteiger partial charge in [0.15, 0.2) is 0 Å². The van der Waals surface area contributed by atoms with Gasteiger partial charge in [0.05, 0.1) is 12.8 Å². The second-order valence-electron chi connectivity index (χ2n) is 4.78. The number of hydrogen-bond acceptors (Lipinski definition) is 4. The minimum atomic E-state index is 0.0622. The van der Waals surface area contributed by atoms with Gasteiger partial charge in [0.1, 0.15) is 5.75 Å². The molecule has 0 bridgehead atoms. The molecule has 0 saturated carbocycles. The van der Waals surface area contributed by atoms with Gasteiger partial charge in [-0.05, 0) is 31.2 Å². The molecule has 1 aromatic carbocycles. The minimum absolute atomic E-state index is 0.0622. The highest BCUT2D eigenvalue weighted by Crippen LogP contribution is 2.27. The molecule has 1 heterocycles. The van der Waals surface area contributed by atoms with Gasteiger partial charge in [-0.1, -0.05) is 11.6 Å². The summed E-state index contributed by atoms with van der Waals surface area (Å²) < 4.78 is 5.24. The third-order valence-corrected chi connectivity index (χ3v) is 3.49. The molecule has 1 aromatic rings. The summed E-state index contributed by atoms with van der Waals surface area (Å²) in [4.78, 5) is 11.8. The maximum Gasteiger partial charge on any atom is 0.222 e. The van der Waals surface area contributed by atoms with Gasteiger partial charge in [0.2, 0.25) is 5.91 Å². The van der Waals surface area contributed by atoms with Gasteiger partial charge >= 0.3 is 0 Å². The summed E-state index contributed by atoms with van der Waals surface area (Å²) in [6, 6.07) is 5.63. The van der Waals surface area contributed by atoms with Gasteiger partial charge in [0, 0.05) is 30.6 Å². The van der Waals surface area contributed by atoms with E-state index in [1.165, 1.54) is 0 Å². The fourth-order valence-corrected chi connectivity index (χ4v) is 2.38. The van der Waals surface area contributed by atoms with Crippen molar-refractivity contribution in [2.75, 3.05) is 32.1 Å². The minimum Gasteiger partial charge on any atom is -0.495 e. The summed E-state index contributed by atoms with van der Waals surface area (Å²) in [5.74, 6) is 0.780. The largest absolute Gasteiger partial charge is 0.495 e. The summed E-state index contributed by atoms with van der Waals surface area (Å²) in [6.07, 6.45) is 1.42. The van der Waals surface area contributed by atoms with Gasteiger partial charge < -0.3 is 20.7 Å². The van der Waals surface area contributed by atoms with Crippen LogP contribution in [0.5, 0.6) is 5.75 Å². The summed E-state index contributed by atoms with van der Waals surface area (Å²) in [5.41, 5.74) is 0.801. The van der Waals surface area contributed by atoms with Crippen LogP contribution in [-0.2, 0) is 4.79 Å². The highest BCUT2D eigenvalue weighted by atomic mass is 35.5. The van der Waals surface area contributed by atoms with E-state index in [0.29, 0.717) is 18.0 Å². The highest BCUT2D eigenvalue weighted by Gasteiger charge is 2.16. The first-order chi connectivity index (χ1) is 9.69. The van der Waals surface area contributed by atoms with Gasteiger partial charge in [0.25, 0.3) is 0 Å². The van der Waals surface area contributed by atoms with E-state index in [9.17, 15) is 4.79 Å². The molecule has 6 heteroatoms. The van der Waals surface area contributed by atoms with E-state index in [2.05, 4.69) is 16.0 Å². The number of methoxy groups -OCH3 is 1. The molecule has 1 aliphatic rings. The molecule has 0 radical (unpaired) electrons. The van der Waals surface area contributed by atoms with E-state index in [-0.39, 0.29) is 11.9 Å². The van der Waals surface area contributed by atoms with E-state index in [1.54, 1.807) is 25.3 Å². The Bertz CT molecular complexity index is 462. The van der Waals surface area contributed by atoms with Crippen LogP contribution < -0.4 is 20.7 Å². The smallest absolute Gasteiger partial charge is 0.222 e. The number of ether oxygens (including phenoxy) is 1. The Kier molecular flexibility index (Phi) is 5.49. The van der Waals surface area contributed by atoms with Crippen LogP contribution in [0.2, 0.25) is 5.02 Å². The Morgan fingerprint density at radius 3 is 3.10 bits per heavy atom. The zero-order valence-electron chi connectivity index (χ0n) is 11.5. The normalized spacial score (nSPS) is 17.8. The fourth-order valence-electron chi connectivity index (χ4n) is 2.21. The Morgan fingerprint density at radius 2 is 2.40 bits per heavy atom. The number of nitrogens with one attached hydrogen (secondary N) is 3. The first-order valence-electron chi connectivity index (χ1n) is 6.76. The molecular formula is C14H20ClN3O2. The van der Waals surface area contributed by atoms with Gasteiger partial charge in [-0.3, -0.25) is 4.79 Å². The predicted molar refractivity (Wildman–Crippen MR) is 80.5 cm³/mol. The zero-order chi connectivity index (χ0) is 14.4. The van der Waals surface area contributed by atoms with Crippen LogP contribution in [0.4, 0.5) is 5.69 Å². The van der Waals surface area contributed by atoms with Gasteiger partial charge in [-0.2, -0.15) is 0 Å². The van der Waals surface area contributed by atoms with Crippen LogP contribution in [0.1, 0.15) is 12.8 Å². The number of amides is 1. The van der Waals surface area contributed by atoms with Crippen molar-refractivity contribution in [2.24, 2.45) is 0 Å². The Balaban J connectivity index is 1.77. The number of carbonyl (C=O) groups excluding carboxylic acids is 1. The van der Waals surface area contributed by atoms with Crippen LogP contribution in [-0.4, -0.2) is 38.7 Å². The second-order valence-corrected chi connectivity index (χ2v) is 5.22. The third kappa shape index (κ3) is 4.28. The second kappa shape index (κ2) is 7.36. The summed E-state index contributed by atoms with van der Waals surface area (Å²) in [7, 11) is 1.61. The molecule has 1 unspecified atom stereocenters. The van der Waals surface area contributed by atoms with Crippen molar-refractivity contribution in [1.29, 1.82) is 0 Å². The highest BCUT2D eigenvalue weighted by molar-refractivity contribution is 6.30. The van der Waals surface area contributed by atoms with E-state index in [4.69, 9.17) is 16.3 Å². The lowest BCUT2D eigenvalue weighted by Crippen LogP contribution is -2.36. The zero-order valence-corrected chi connectivity index (χ0v) is 12.3. The van der Waals surface area contributed by atoms with Crippen molar-refractivity contribution in [3.8, 4) is 5.75 Å². The number of rotatable bonds is 6. The SMILES string of the molecule is COc1ccc(Cl)cc1NCCC(=O)NC1CCNC1. The number of anilines is 1.